The molecule has 3 nitrogen and oxygen atoms in total. The van der Waals surface area contributed by atoms with E-state index in [1.807, 2.05) is 6.92 Å². The third-order valence-corrected chi connectivity index (χ3v) is 3.60. The van der Waals surface area contributed by atoms with Crippen molar-refractivity contribution in [3.05, 3.63) is 51.1 Å². The molecule has 0 bridgehead atoms. The van der Waals surface area contributed by atoms with Crippen LogP contribution in [-0.4, -0.2) is 5.11 Å². The fourth-order valence-electron chi connectivity index (χ4n) is 2.25. The van der Waals surface area contributed by atoms with Crippen molar-refractivity contribution in [1.82, 2.24) is 0 Å². The van der Waals surface area contributed by atoms with E-state index in [0.717, 1.165) is 18.4 Å². The molecule has 0 amide bonds. The summed E-state index contributed by atoms with van der Waals surface area (Å²) in [5, 5.41) is 10.2. The van der Waals surface area contributed by atoms with Gasteiger partial charge in [0.05, 0.1) is 5.56 Å². The van der Waals surface area contributed by atoms with Crippen molar-refractivity contribution in [2.45, 2.75) is 60.3 Å². The molecule has 0 aliphatic carbocycles. The highest BCUT2D eigenvalue weighted by Gasteiger charge is 2.15. The average molecular weight is 304 g/mol. The summed E-state index contributed by atoms with van der Waals surface area (Å²) in [5.74, 6) is 1.23. The van der Waals surface area contributed by atoms with E-state index in [4.69, 9.17) is 4.42 Å². The predicted octanol–water partition coefficient (Wildman–Crippen LogP) is 4.70. The first-order chi connectivity index (χ1) is 10.4. The highest BCUT2D eigenvalue weighted by molar-refractivity contribution is 5.40. The summed E-state index contributed by atoms with van der Waals surface area (Å²) in [6.07, 6.45) is 9.45. The average Bonchev–Trinajstić information content (AvgIpc) is 2.46. The van der Waals surface area contributed by atoms with Crippen molar-refractivity contribution in [2.24, 2.45) is 5.92 Å². The van der Waals surface area contributed by atoms with Crippen LogP contribution in [0.2, 0.25) is 0 Å². The minimum Gasteiger partial charge on any atom is -0.507 e. The molecular formula is C19H28O3. The van der Waals surface area contributed by atoms with Crippen molar-refractivity contribution >= 4 is 0 Å². The van der Waals surface area contributed by atoms with E-state index in [1.54, 1.807) is 6.92 Å². The van der Waals surface area contributed by atoms with E-state index >= 15 is 0 Å². The molecule has 22 heavy (non-hydrogen) atoms. The first-order valence-electron chi connectivity index (χ1n) is 8.03. The van der Waals surface area contributed by atoms with Gasteiger partial charge in [0.25, 0.3) is 0 Å². The van der Waals surface area contributed by atoms with Crippen LogP contribution in [0.5, 0.6) is 5.75 Å². The van der Waals surface area contributed by atoms with Crippen molar-refractivity contribution < 1.29 is 9.52 Å². The summed E-state index contributed by atoms with van der Waals surface area (Å²) in [5.41, 5.74) is 1.84. The van der Waals surface area contributed by atoms with E-state index in [-0.39, 0.29) is 5.75 Å². The monoisotopic (exact) mass is 304 g/mol. The lowest BCUT2D eigenvalue weighted by atomic mass is 10.0. The lowest BCUT2D eigenvalue weighted by molar-refractivity contribution is 0.410. The standard InChI is InChI=1S/C19H28O3/c1-6-8-16-17(22-19(21)15(5)18(16)20)12-11-14(4)10-7-9-13(2)3/h7,9,11,13,20H,6,8,10,12H2,1-5H3/b9-7+,14-11+. The largest absolute Gasteiger partial charge is 0.507 e. The molecule has 0 aromatic carbocycles. The van der Waals surface area contributed by atoms with Gasteiger partial charge in [0.15, 0.2) is 0 Å². The van der Waals surface area contributed by atoms with Crippen molar-refractivity contribution in [3.8, 4) is 5.75 Å². The molecule has 0 saturated heterocycles. The molecule has 1 aromatic heterocycles. The van der Waals surface area contributed by atoms with Gasteiger partial charge in [-0.3, -0.25) is 0 Å². The van der Waals surface area contributed by atoms with Gasteiger partial charge in [-0.25, -0.2) is 4.79 Å². The van der Waals surface area contributed by atoms with Crippen LogP contribution < -0.4 is 5.63 Å². The number of hydrogen-bond donors (Lipinski definition) is 1. The molecule has 1 N–H and O–H groups in total. The molecule has 0 radical (unpaired) electrons. The fourth-order valence-corrected chi connectivity index (χ4v) is 2.25. The van der Waals surface area contributed by atoms with Gasteiger partial charge in [-0.2, -0.15) is 0 Å². The molecule has 0 fully saturated rings. The van der Waals surface area contributed by atoms with Gasteiger partial charge in [0.1, 0.15) is 11.5 Å². The van der Waals surface area contributed by atoms with Crippen LogP contribution in [0.3, 0.4) is 0 Å². The number of hydrogen-bond acceptors (Lipinski definition) is 3. The summed E-state index contributed by atoms with van der Waals surface area (Å²) >= 11 is 0. The Hall–Kier alpha value is -1.77. The molecule has 0 unspecified atom stereocenters. The second kappa shape index (κ2) is 8.62. The second-order valence-electron chi connectivity index (χ2n) is 6.15. The maximum Gasteiger partial charge on any atom is 0.342 e. The topological polar surface area (TPSA) is 50.4 Å². The normalized spacial score (nSPS) is 12.5. The Kier molecular flexibility index (Phi) is 7.16. The predicted molar refractivity (Wildman–Crippen MR) is 91.4 cm³/mol. The summed E-state index contributed by atoms with van der Waals surface area (Å²) in [7, 11) is 0. The summed E-state index contributed by atoms with van der Waals surface area (Å²) < 4.78 is 5.39. The number of rotatable bonds is 7. The second-order valence-corrected chi connectivity index (χ2v) is 6.15. The van der Waals surface area contributed by atoms with E-state index in [2.05, 4.69) is 39.0 Å². The Labute approximate surface area is 133 Å². The third kappa shape index (κ3) is 5.21. The quantitative estimate of drug-likeness (QED) is 0.743. The van der Waals surface area contributed by atoms with Crippen molar-refractivity contribution in [2.75, 3.05) is 0 Å². The summed E-state index contributed by atoms with van der Waals surface area (Å²) in [6.45, 7) is 10.0. The maximum atomic E-state index is 11.8. The van der Waals surface area contributed by atoms with E-state index in [9.17, 15) is 9.90 Å². The molecule has 0 atom stereocenters. The molecule has 1 heterocycles. The zero-order chi connectivity index (χ0) is 16.7. The molecular weight excluding hydrogens is 276 g/mol. The molecule has 1 rings (SSSR count). The first-order valence-corrected chi connectivity index (χ1v) is 8.03. The van der Waals surface area contributed by atoms with Crippen LogP contribution in [0.4, 0.5) is 0 Å². The number of aromatic hydroxyl groups is 1. The third-order valence-electron chi connectivity index (χ3n) is 3.60. The molecule has 0 spiro atoms. The van der Waals surface area contributed by atoms with E-state index in [1.165, 1.54) is 5.57 Å². The van der Waals surface area contributed by atoms with Gasteiger partial charge in [-0.1, -0.05) is 51.0 Å². The minimum absolute atomic E-state index is 0.0962. The van der Waals surface area contributed by atoms with Crippen LogP contribution in [-0.2, 0) is 12.8 Å². The maximum absolute atomic E-state index is 11.8. The highest BCUT2D eigenvalue weighted by atomic mass is 16.4. The fraction of sp³-hybridized carbons (Fsp3) is 0.526. The molecule has 0 aliphatic heterocycles. The first kappa shape index (κ1) is 18.3. The minimum atomic E-state index is -0.446. The van der Waals surface area contributed by atoms with Crippen LogP contribution in [0.15, 0.2) is 33.0 Å². The zero-order valence-corrected chi connectivity index (χ0v) is 14.4. The molecule has 3 heteroatoms. The van der Waals surface area contributed by atoms with Crippen LogP contribution in [0.1, 0.15) is 57.4 Å². The van der Waals surface area contributed by atoms with Gasteiger partial charge < -0.3 is 9.52 Å². The van der Waals surface area contributed by atoms with Crippen molar-refractivity contribution in [1.29, 1.82) is 0 Å². The molecule has 0 saturated carbocycles. The number of allylic oxidation sites excluding steroid dienone is 4. The van der Waals surface area contributed by atoms with Crippen molar-refractivity contribution in [3.63, 3.8) is 0 Å². The van der Waals surface area contributed by atoms with Crippen LogP contribution >= 0.6 is 0 Å². The Bertz CT molecular complexity index is 604. The SMILES string of the molecule is CCCc1c(C/C=C(\C)C/C=C/C(C)C)oc(=O)c(C)c1O. The Morgan fingerprint density at radius 1 is 1.36 bits per heavy atom. The Morgan fingerprint density at radius 2 is 2.05 bits per heavy atom. The smallest absolute Gasteiger partial charge is 0.342 e. The van der Waals surface area contributed by atoms with Gasteiger partial charge >= 0.3 is 5.63 Å². The zero-order valence-electron chi connectivity index (χ0n) is 14.4. The van der Waals surface area contributed by atoms with Crippen LogP contribution in [0.25, 0.3) is 0 Å². The highest BCUT2D eigenvalue weighted by Crippen LogP contribution is 2.25. The Morgan fingerprint density at radius 3 is 2.64 bits per heavy atom. The summed E-state index contributed by atoms with van der Waals surface area (Å²) in [6, 6.07) is 0. The lowest BCUT2D eigenvalue weighted by Gasteiger charge is -2.10. The molecule has 1 aromatic rings. The van der Waals surface area contributed by atoms with Gasteiger partial charge in [0, 0.05) is 12.0 Å². The molecule has 122 valence electrons. The summed E-state index contributed by atoms with van der Waals surface area (Å²) in [4.78, 5) is 11.8. The van der Waals surface area contributed by atoms with Gasteiger partial charge in [-0.15, -0.1) is 0 Å². The van der Waals surface area contributed by atoms with E-state index < -0.39 is 5.63 Å². The molecule has 0 aliphatic rings. The lowest BCUT2D eigenvalue weighted by Crippen LogP contribution is -2.09. The Balaban J connectivity index is 2.95. The van der Waals surface area contributed by atoms with Crippen LogP contribution in [0, 0.1) is 12.8 Å². The van der Waals surface area contributed by atoms with Gasteiger partial charge in [-0.05, 0) is 32.6 Å². The van der Waals surface area contributed by atoms with Gasteiger partial charge in [0.2, 0.25) is 0 Å². The van der Waals surface area contributed by atoms with E-state index in [0.29, 0.717) is 30.1 Å².